The Morgan fingerprint density at radius 3 is 2.63 bits per heavy atom. The zero-order chi connectivity index (χ0) is 13.8. The minimum Gasteiger partial charge on any atom is -0.384 e. The Balaban J connectivity index is 2.35. The minimum atomic E-state index is -0.615. The fourth-order valence-electron chi connectivity index (χ4n) is 2.31. The lowest BCUT2D eigenvalue weighted by molar-refractivity contribution is 0.219. The van der Waals surface area contributed by atoms with Gasteiger partial charge in [-0.25, -0.2) is 0 Å². The van der Waals surface area contributed by atoms with Crippen molar-refractivity contribution >= 4 is 11.6 Å². The van der Waals surface area contributed by atoms with Crippen LogP contribution in [-0.4, -0.2) is 5.11 Å². The van der Waals surface area contributed by atoms with Crippen LogP contribution in [0.3, 0.4) is 0 Å². The molecule has 0 aromatic heterocycles. The lowest BCUT2D eigenvalue weighted by Crippen LogP contribution is -2.03. The topological polar surface area (TPSA) is 20.2 Å². The second kappa shape index (κ2) is 6.23. The van der Waals surface area contributed by atoms with Crippen LogP contribution >= 0.6 is 11.6 Å². The van der Waals surface area contributed by atoms with E-state index in [9.17, 15) is 5.11 Å². The van der Waals surface area contributed by atoms with Crippen LogP contribution in [0.2, 0.25) is 5.02 Å². The van der Waals surface area contributed by atoms with Gasteiger partial charge in [0.15, 0.2) is 0 Å². The Bertz CT molecular complexity index is 563. The molecule has 1 atom stereocenters. The molecule has 0 fully saturated rings. The fourth-order valence-corrected chi connectivity index (χ4v) is 2.49. The number of halogens is 1. The van der Waals surface area contributed by atoms with E-state index in [-0.39, 0.29) is 0 Å². The quantitative estimate of drug-likeness (QED) is 0.858. The van der Waals surface area contributed by atoms with Gasteiger partial charge >= 0.3 is 0 Å². The van der Waals surface area contributed by atoms with Gasteiger partial charge in [-0.1, -0.05) is 61.3 Å². The monoisotopic (exact) mass is 274 g/mol. The van der Waals surface area contributed by atoms with Crippen LogP contribution in [-0.2, 0) is 6.42 Å². The second-order valence-electron chi connectivity index (χ2n) is 4.85. The number of hydrogen-bond acceptors (Lipinski definition) is 1. The highest BCUT2D eigenvalue weighted by Gasteiger charge is 2.14. The molecule has 0 bridgehead atoms. The van der Waals surface area contributed by atoms with Crippen LogP contribution in [0.15, 0.2) is 42.5 Å². The van der Waals surface area contributed by atoms with Crippen LogP contribution < -0.4 is 0 Å². The summed E-state index contributed by atoms with van der Waals surface area (Å²) in [6.45, 7) is 4.10. The fraction of sp³-hybridized carbons (Fsp3) is 0.294. The number of aliphatic hydroxyl groups is 1. The molecule has 1 nitrogen and oxygen atoms in total. The molecule has 1 N–H and O–H groups in total. The standard InChI is InChI=1S/C17H19ClO/c1-3-6-13-7-4-8-14(11-13)17(19)15-9-5-10-16(18)12(15)2/h4-5,7-11,17,19H,3,6H2,1-2H3. The van der Waals surface area contributed by atoms with Crippen molar-refractivity contribution in [3.05, 3.63) is 69.7 Å². The molecule has 0 amide bonds. The zero-order valence-corrected chi connectivity index (χ0v) is 12.1. The number of hydrogen-bond donors (Lipinski definition) is 1. The average Bonchev–Trinajstić information content (AvgIpc) is 2.42. The number of rotatable bonds is 4. The summed E-state index contributed by atoms with van der Waals surface area (Å²) < 4.78 is 0. The first kappa shape index (κ1) is 14.1. The molecule has 0 aliphatic heterocycles. The maximum Gasteiger partial charge on any atom is 0.104 e. The zero-order valence-electron chi connectivity index (χ0n) is 11.4. The number of aryl methyl sites for hydroxylation is 1. The molecule has 0 heterocycles. The molecule has 100 valence electrons. The molecule has 0 saturated carbocycles. The Morgan fingerprint density at radius 2 is 1.89 bits per heavy atom. The van der Waals surface area contributed by atoms with E-state index >= 15 is 0 Å². The summed E-state index contributed by atoms with van der Waals surface area (Å²) in [6.07, 6.45) is 1.53. The van der Waals surface area contributed by atoms with Gasteiger partial charge in [0, 0.05) is 5.02 Å². The average molecular weight is 275 g/mol. The van der Waals surface area contributed by atoms with Crippen molar-refractivity contribution in [1.29, 1.82) is 0 Å². The highest BCUT2D eigenvalue weighted by atomic mass is 35.5. The molecule has 2 aromatic carbocycles. The van der Waals surface area contributed by atoms with Gasteiger partial charge in [0.2, 0.25) is 0 Å². The van der Waals surface area contributed by atoms with Crippen molar-refractivity contribution in [2.45, 2.75) is 32.8 Å². The summed E-state index contributed by atoms with van der Waals surface area (Å²) >= 11 is 6.12. The lowest BCUT2D eigenvalue weighted by Gasteiger charge is -2.16. The van der Waals surface area contributed by atoms with Crippen LogP contribution in [0.25, 0.3) is 0 Å². The van der Waals surface area contributed by atoms with E-state index in [1.807, 2.05) is 37.3 Å². The number of aliphatic hydroxyl groups excluding tert-OH is 1. The van der Waals surface area contributed by atoms with Crippen molar-refractivity contribution in [3.8, 4) is 0 Å². The molecule has 0 saturated heterocycles. The SMILES string of the molecule is CCCc1cccc(C(O)c2cccc(Cl)c2C)c1. The van der Waals surface area contributed by atoms with Gasteiger partial charge in [0.25, 0.3) is 0 Å². The van der Waals surface area contributed by atoms with E-state index in [1.54, 1.807) is 0 Å². The van der Waals surface area contributed by atoms with Gasteiger partial charge < -0.3 is 5.11 Å². The summed E-state index contributed by atoms with van der Waals surface area (Å²) in [5.74, 6) is 0. The lowest BCUT2D eigenvalue weighted by atomic mass is 9.95. The first-order valence-corrected chi connectivity index (χ1v) is 7.03. The highest BCUT2D eigenvalue weighted by Crippen LogP contribution is 2.29. The molecule has 0 aliphatic rings. The van der Waals surface area contributed by atoms with E-state index in [0.29, 0.717) is 5.02 Å². The summed E-state index contributed by atoms with van der Waals surface area (Å²) in [5, 5.41) is 11.2. The van der Waals surface area contributed by atoms with Crippen molar-refractivity contribution in [2.24, 2.45) is 0 Å². The molecule has 0 radical (unpaired) electrons. The van der Waals surface area contributed by atoms with Gasteiger partial charge in [-0.3, -0.25) is 0 Å². The highest BCUT2D eigenvalue weighted by molar-refractivity contribution is 6.31. The predicted molar refractivity (Wildman–Crippen MR) is 80.7 cm³/mol. The Labute approximate surface area is 119 Å². The van der Waals surface area contributed by atoms with E-state index in [0.717, 1.165) is 29.5 Å². The van der Waals surface area contributed by atoms with Gasteiger partial charge in [-0.05, 0) is 41.7 Å². The van der Waals surface area contributed by atoms with E-state index in [1.165, 1.54) is 5.56 Å². The van der Waals surface area contributed by atoms with Crippen LogP contribution in [0, 0.1) is 6.92 Å². The Hall–Kier alpha value is -1.31. The third-order valence-electron chi connectivity index (χ3n) is 3.41. The summed E-state index contributed by atoms with van der Waals surface area (Å²) in [4.78, 5) is 0. The summed E-state index contributed by atoms with van der Waals surface area (Å²) in [7, 11) is 0. The van der Waals surface area contributed by atoms with Crippen molar-refractivity contribution in [1.82, 2.24) is 0 Å². The molecule has 0 aliphatic carbocycles. The molecule has 1 unspecified atom stereocenters. The van der Waals surface area contributed by atoms with Gasteiger partial charge in [0.05, 0.1) is 0 Å². The number of benzene rings is 2. The predicted octanol–water partition coefficient (Wildman–Crippen LogP) is 4.68. The van der Waals surface area contributed by atoms with E-state index in [2.05, 4.69) is 19.1 Å². The smallest absolute Gasteiger partial charge is 0.104 e. The maximum absolute atomic E-state index is 10.5. The summed E-state index contributed by atoms with van der Waals surface area (Å²) in [5.41, 5.74) is 4.01. The van der Waals surface area contributed by atoms with Crippen LogP contribution in [0.4, 0.5) is 0 Å². The molecule has 2 aromatic rings. The molecule has 0 spiro atoms. The van der Waals surface area contributed by atoms with E-state index in [4.69, 9.17) is 11.6 Å². The molecular weight excluding hydrogens is 256 g/mol. The minimum absolute atomic E-state index is 0.615. The van der Waals surface area contributed by atoms with Crippen LogP contribution in [0.5, 0.6) is 0 Å². The maximum atomic E-state index is 10.5. The third kappa shape index (κ3) is 3.17. The van der Waals surface area contributed by atoms with E-state index < -0.39 is 6.10 Å². The molecular formula is C17H19ClO. The molecule has 2 heteroatoms. The van der Waals surface area contributed by atoms with Gasteiger partial charge in [0.1, 0.15) is 6.10 Å². The van der Waals surface area contributed by atoms with Crippen LogP contribution in [0.1, 0.15) is 41.7 Å². The van der Waals surface area contributed by atoms with Gasteiger partial charge in [-0.15, -0.1) is 0 Å². The second-order valence-corrected chi connectivity index (χ2v) is 5.26. The van der Waals surface area contributed by atoms with Crippen molar-refractivity contribution in [2.75, 3.05) is 0 Å². The Kier molecular flexibility index (Phi) is 4.62. The molecule has 19 heavy (non-hydrogen) atoms. The first-order chi connectivity index (χ1) is 9.13. The van der Waals surface area contributed by atoms with Crippen molar-refractivity contribution in [3.63, 3.8) is 0 Å². The normalized spacial score (nSPS) is 12.4. The Morgan fingerprint density at radius 1 is 1.16 bits per heavy atom. The first-order valence-electron chi connectivity index (χ1n) is 6.65. The van der Waals surface area contributed by atoms with Gasteiger partial charge in [-0.2, -0.15) is 0 Å². The summed E-state index contributed by atoms with van der Waals surface area (Å²) in [6, 6.07) is 13.8. The third-order valence-corrected chi connectivity index (χ3v) is 3.82. The van der Waals surface area contributed by atoms with Crippen molar-refractivity contribution < 1.29 is 5.11 Å². The largest absolute Gasteiger partial charge is 0.384 e. The molecule has 2 rings (SSSR count).